The van der Waals surface area contributed by atoms with Gasteiger partial charge in [-0.05, 0) is 48.5 Å². The summed E-state index contributed by atoms with van der Waals surface area (Å²) in [7, 11) is 1.61. The van der Waals surface area contributed by atoms with Crippen LogP contribution in [-0.4, -0.2) is 21.3 Å². The molecular formula is C11H13FN4OS. The van der Waals surface area contributed by atoms with Crippen LogP contribution in [0.25, 0.3) is 0 Å². The minimum atomic E-state index is -0.316. The molecule has 18 heavy (non-hydrogen) atoms. The maximum atomic E-state index is 13.4. The van der Waals surface area contributed by atoms with E-state index in [1.807, 2.05) is 6.07 Å². The summed E-state index contributed by atoms with van der Waals surface area (Å²) in [6, 6.07) is 4.71. The molecule has 1 aromatic heterocycles. The largest absolute Gasteiger partial charge is 0.343 e. The van der Waals surface area contributed by atoms with E-state index in [2.05, 4.69) is 10.2 Å². The number of aromatic nitrogens is 3. The lowest BCUT2D eigenvalue weighted by atomic mass is 10.1. The van der Waals surface area contributed by atoms with Crippen molar-refractivity contribution < 1.29 is 4.39 Å². The van der Waals surface area contributed by atoms with Crippen molar-refractivity contribution in [1.29, 1.82) is 0 Å². The zero-order valence-electron chi connectivity index (χ0n) is 9.81. The molecule has 0 spiro atoms. The molecule has 0 amide bonds. The maximum Gasteiger partial charge on any atom is 0.343 e. The second-order valence-corrected chi connectivity index (χ2v) is 4.85. The summed E-state index contributed by atoms with van der Waals surface area (Å²) < 4.78 is 14.8. The normalized spacial score (nSPS) is 10.8. The highest BCUT2D eigenvalue weighted by molar-refractivity contribution is 7.99. The molecule has 2 aromatic rings. The van der Waals surface area contributed by atoms with Gasteiger partial charge < -0.3 is 5.73 Å². The molecule has 0 saturated carbocycles. The van der Waals surface area contributed by atoms with E-state index in [1.165, 1.54) is 28.5 Å². The van der Waals surface area contributed by atoms with Gasteiger partial charge in [0.25, 0.3) is 0 Å². The third kappa shape index (κ3) is 2.80. The summed E-state index contributed by atoms with van der Waals surface area (Å²) in [5, 5.41) is 6.68. The SMILES string of the molecule is Cn1c(Sc2cc(F)cc(CCN)c2)n[nH]c1=O. The summed E-state index contributed by atoms with van der Waals surface area (Å²) in [6.07, 6.45) is 0.616. The van der Waals surface area contributed by atoms with Crippen molar-refractivity contribution in [2.75, 3.05) is 6.54 Å². The highest BCUT2D eigenvalue weighted by atomic mass is 32.2. The van der Waals surface area contributed by atoms with Crippen molar-refractivity contribution in [3.63, 3.8) is 0 Å². The minimum Gasteiger partial charge on any atom is -0.330 e. The van der Waals surface area contributed by atoms with Gasteiger partial charge in [-0.15, -0.1) is 5.10 Å². The molecule has 0 aliphatic heterocycles. The molecule has 0 saturated heterocycles. The van der Waals surface area contributed by atoms with Crippen molar-refractivity contribution in [2.24, 2.45) is 12.8 Å². The minimum absolute atomic E-state index is 0.295. The number of hydrogen-bond acceptors (Lipinski definition) is 4. The summed E-state index contributed by atoms with van der Waals surface area (Å²) in [4.78, 5) is 11.9. The number of hydrogen-bond donors (Lipinski definition) is 2. The first-order valence-corrected chi connectivity index (χ1v) is 6.20. The zero-order valence-corrected chi connectivity index (χ0v) is 10.6. The van der Waals surface area contributed by atoms with Gasteiger partial charge in [0.1, 0.15) is 5.82 Å². The first-order valence-electron chi connectivity index (χ1n) is 5.39. The molecular weight excluding hydrogens is 255 g/mol. The van der Waals surface area contributed by atoms with Crippen LogP contribution in [-0.2, 0) is 13.5 Å². The van der Waals surface area contributed by atoms with Gasteiger partial charge in [0.15, 0.2) is 5.16 Å². The van der Waals surface area contributed by atoms with Crippen molar-refractivity contribution in [1.82, 2.24) is 14.8 Å². The number of H-pyrrole nitrogens is 1. The van der Waals surface area contributed by atoms with Gasteiger partial charge in [0.05, 0.1) is 0 Å². The average Bonchev–Trinajstić information content (AvgIpc) is 2.61. The Hall–Kier alpha value is -1.60. The zero-order chi connectivity index (χ0) is 13.1. The fraction of sp³-hybridized carbons (Fsp3) is 0.273. The van der Waals surface area contributed by atoms with Crippen LogP contribution in [0.4, 0.5) is 4.39 Å². The summed E-state index contributed by atoms with van der Waals surface area (Å²) in [5.74, 6) is -0.316. The van der Waals surface area contributed by atoms with Crippen molar-refractivity contribution in [3.8, 4) is 0 Å². The van der Waals surface area contributed by atoms with Crippen molar-refractivity contribution in [2.45, 2.75) is 16.5 Å². The number of nitrogens with one attached hydrogen (secondary N) is 1. The fourth-order valence-corrected chi connectivity index (χ4v) is 2.42. The summed E-state index contributed by atoms with van der Waals surface area (Å²) in [6.45, 7) is 0.467. The van der Waals surface area contributed by atoms with Crippen LogP contribution in [0, 0.1) is 5.82 Å². The Kier molecular flexibility index (Phi) is 3.83. The van der Waals surface area contributed by atoms with E-state index in [9.17, 15) is 9.18 Å². The lowest BCUT2D eigenvalue weighted by Gasteiger charge is -2.04. The average molecular weight is 268 g/mol. The van der Waals surface area contributed by atoms with Gasteiger partial charge >= 0.3 is 5.69 Å². The molecule has 2 rings (SSSR count). The summed E-state index contributed by atoms with van der Waals surface area (Å²) >= 11 is 1.23. The smallest absolute Gasteiger partial charge is 0.330 e. The van der Waals surface area contributed by atoms with Gasteiger partial charge in [0.2, 0.25) is 0 Å². The Balaban J connectivity index is 2.28. The molecule has 0 radical (unpaired) electrons. The van der Waals surface area contributed by atoms with E-state index in [-0.39, 0.29) is 11.5 Å². The first-order chi connectivity index (χ1) is 8.60. The molecule has 5 nitrogen and oxygen atoms in total. The molecule has 0 aliphatic rings. The highest BCUT2D eigenvalue weighted by Crippen LogP contribution is 2.26. The van der Waals surface area contributed by atoms with Crippen LogP contribution in [0.3, 0.4) is 0 Å². The highest BCUT2D eigenvalue weighted by Gasteiger charge is 2.08. The van der Waals surface area contributed by atoms with Crippen molar-refractivity contribution in [3.05, 3.63) is 40.1 Å². The monoisotopic (exact) mass is 268 g/mol. The lowest BCUT2D eigenvalue weighted by Crippen LogP contribution is -2.12. The van der Waals surface area contributed by atoms with E-state index in [0.717, 1.165) is 5.56 Å². The number of nitrogens with zero attached hydrogens (tertiary/aromatic N) is 2. The van der Waals surface area contributed by atoms with E-state index in [0.29, 0.717) is 23.0 Å². The Morgan fingerprint density at radius 2 is 2.28 bits per heavy atom. The molecule has 1 heterocycles. The molecule has 0 unspecified atom stereocenters. The molecule has 0 bridgehead atoms. The van der Waals surface area contributed by atoms with Crippen LogP contribution < -0.4 is 11.4 Å². The second-order valence-electron chi connectivity index (χ2n) is 3.81. The fourth-order valence-electron chi connectivity index (χ4n) is 1.52. The quantitative estimate of drug-likeness (QED) is 0.863. The predicted molar refractivity (Wildman–Crippen MR) is 67.1 cm³/mol. The van der Waals surface area contributed by atoms with Gasteiger partial charge in [-0.1, -0.05) is 0 Å². The van der Waals surface area contributed by atoms with Crippen LogP contribution in [0.2, 0.25) is 0 Å². The van der Waals surface area contributed by atoms with E-state index >= 15 is 0 Å². The predicted octanol–water partition coefficient (Wildman–Crippen LogP) is 0.900. The molecule has 7 heteroatoms. The summed E-state index contributed by atoms with van der Waals surface area (Å²) in [5.41, 5.74) is 5.99. The van der Waals surface area contributed by atoms with Gasteiger partial charge in [0, 0.05) is 11.9 Å². The molecule has 0 fully saturated rings. The third-order valence-electron chi connectivity index (χ3n) is 2.41. The Bertz CT molecular complexity index is 607. The van der Waals surface area contributed by atoms with Gasteiger partial charge in [-0.3, -0.25) is 4.57 Å². The number of aromatic amines is 1. The Morgan fingerprint density at radius 3 is 2.89 bits per heavy atom. The van der Waals surface area contributed by atoms with Gasteiger partial charge in [-0.25, -0.2) is 14.3 Å². The van der Waals surface area contributed by atoms with E-state index < -0.39 is 0 Å². The molecule has 0 aliphatic carbocycles. The van der Waals surface area contributed by atoms with E-state index in [1.54, 1.807) is 7.05 Å². The van der Waals surface area contributed by atoms with Gasteiger partial charge in [-0.2, -0.15) is 0 Å². The molecule has 0 atom stereocenters. The lowest BCUT2D eigenvalue weighted by molar-refractivity contribution is 0.621. The van der Waals surface area contributed by atoms with Crippen LogP contribution in [0.5, 0.6) is 0 Å². The van der Waals surface area contributed by atoms with Crippen LogP contribution >= 0.6 is 11.8 Å². The first kappa shape index (κ1) is 12.8. The number of rotatable bonds is 4. The molecule has 3 N–H and O–H groups in total. The molecule has 96 valence electrons. The topological polar surface area (TPSA) is 76.7 Å². The van der Waals surface area contributed by atoms with Crippen molar-refractivity contribution >= 4 is 11.8 Å². The third-order valence-corrected chi connectivity index (χ3v) is 3.43. The van der Waals surface area contributed by atoms with E-state index in [4.69, 9.17) is 5.73 Å². The standard InChI is InChI=1S/C11H13FN4OS/c1-16-10(17)14-15-11(16)18-9-5-7(2-3-13)4-8(12)6-9/h4-6H,2-3,13H2,1H3,(H,14,17). The number of benzene rings is 1. The molecule has 1 aromatic carbocycles. The number of nitrogens with two attached hydrogens (primary N) is 1. The Morgan fingerprint density at radius 1 is 1.50 bits per heavy atom. The second kappa shape index (κ2) is 5.36. The number of halogens is 1. The van der Waals surface area contributed by atoms with Crippen LogP contribution in [0.1, 0.15) is 5.56 Å². The maximum absolute atomic E-state index is 13.4. The Labute approximate surface area is 107 Å². The van der Waals surface area contributed by atoms with Crippen LogP contribution in [0.15, 0.2) is 33.0 Å².